The first kappa shape index (κ1) is 20.3. The molecule has 2 amide bonds. The Morgan fingerprint density at radius 3 is 2.47 bits per heavy atom. The lowest BCUT2D eigenvalue weighted by molar-refractivity contribution is -0.115. The summed E-state index contributed by atoms with van der Waals surface area (Å²) in [4.78, 5) is 27.8. The van der Waals surface area contributed by atoms with Crippen molar-refractivity contribution in [1.29, 1.82) is 0 Å². The van der Waals surface area contributed by atoms with Gasteiger partial charge in [0.1, 0.15) is 5.37 Å². The monoisotopic (exact) mass is 438 g/mol. The Labute approximate surface area is 191 Å². The Kier molecular flexibility index (Phi) is 5.41. The van der Waals surface area contributed by atoms with Crippen LogP contribution in [-0.2, 0) is 4.79 Å². The van der Waals surface area contributed by atoms with Crippen LogP contribution in [-0.4, -0.2) is 17.6 Å². The summed E-state index contributed by atoms with van der Waals surface area (Å²) in [6.07, 6.45) is 0. The summed E-state index contributed by atoms with van der Waals surface area (Å²) >= 11 is 1.58. The second kappa shape index (κ2) is 8.52. The molecule has 4 aromatic rings. The molecule has 0 aliphatic carbocycles. The highest BCUT2D eigenvalue weighted by molar-refractivity contribution is 8.00. The van der Waals surface area contributed by atoms with Crippen molar-refractivity contribution in [2.45, 2.75) is 12.3 Å². The van der Waals surface area contributed by atoms with Gasteiger partial charge in [-0.15, -0.1) is 11.8 Å². The molecule has 0 saturated carbocycles. The fraction of sp³-hybridized carbons (Fsp3) is 0.111. The number of carbonyl (C=O) groups is 2. The molecule has 1 aliphatic heterocycles. The normalized spacial score (nSPS) is 15.8. The molecule has 1 fully saturated rings. The smallest absolute Gasteiger partial charge is 0.256 e. The minimum Gasteiger partial charge on any atom is -0.322 e. The number of anilines is 2. The lowest BCUT2D eigenvalue weighted by Gasteiger charge is -2.26. The molecular formula is C27H22N2O2S. The van der Waals surface area contributed by atoms with Crippen LogP contribution >= 0.6 is 11.8 Å². The van der Waals surface area contributed by atoms with Gasteiger partial charge in [0, 0.05) is 22.5 Å². The highest BCUT2D eigenvalue weighted by Gasteiger charge is 2.35. The molecule has 1 saturated heterocycles. The zero-order valence-electron chi connectivity index (χ0n) is 17.6. The summed E-state index contributed by atoms with van der Waals surface area (Å²) < 4.78 is 0. The van der Waals surface area contributed by atoms with E-state index in [2.05, 4.69) is 5.32 Å². The lowest BCUT2D eigenvalue weighted by Crippen LogP contribution is -2.28. The Morgan fingerprint density at radius 2 is 1.62 bits per heavy atom. The van der Waals surface area contributed by atoms with Crippen LogP contribution in [0.5, 0.6) is 0 Å². The third kappa shape index (κ3) is 3.76. The number of fused-ring (bicyclic) bond motifs is 1. The minimum absolute atomic E-state index is 0.0686. The molecule has 4 nitrogen and oxygen atoms in total. The van der Waals surface area contributed by atoms with Gasteiger partial charge in [0.15, 0.2) is 0 Å². The number of amides is 2. The van der Waals surface area contributed by atoms with Gasteiger partial charge in [0.2, 0.25) is 5.91 Å². The van der Waals surface area contributed by atoms with Crippen LogP contribution in [0.25, 0.3) is 10.8 Å². The van der Waals surface area contributed by atoms with E-state index >= 15 is 0 Å². The van der Waals surface area contributed by atoms with Gasteiger partial charge in [0.25, 0.3) is 5.91 Å². The van der Waals surface area contributed by atoms with Crippen molar-refractivity contribution < 1.29 is 9.59 Å². The molecule has 1 aliphatic rings. The minimum atomic E-state index is -0.200. The number of para-hydroxylation sites is 1. The van der Waals surface area contributed by atoms with E-state index in [0.717, 1.165) is 33.3 Å². The number of benzene rings is 4. The SMILES string of the molecule is Cc1ccc(N2C(=O)CS[C@@H]2c2ccccc2NC(=O)c2cccc3ccccc23)cc1. The maximum Gasteiger partial charge on any atom is 0.256 e. The quantitative estimate of drug-likeness (QED) is 0.414. The first-order valence-corrected chi connectivity index (χ1v) is 11.5. The number of aryl methyl sites for hydroxylation is 1. The summed E-state index contributed by atoms with van der Waals surface area (Å²) in [6, 6.07) is 29.3. The standard InChI is InChI=1S/C27H22N2O2S/c1-18-13-15-20(16-14-18)29-25(30)17-32-27(29)23-10-4-5-12-24(23)28-26(31)22-11-6-8-19-7-2-3-9-21(19)22/h2-16,27H,17H2,1H3,(H,28,31)/t27-/m1/s1. The van der Waals surface area contributed by atoms with Gasteiger partial charge in [-0.3, -0.25) is 14.5 Å². The predicted molar refractivity (Wildman–Crippen MR) is 132 cm³/mol. The topological polar surface area (TPSA) is 49.4 Å². The van der Waals surface area contributed by atoms with Crippen molar-refractivity contribution in [3.8, 4) is 0 Å². The summed E-state index contributed by atoms with van der Waals surface area (Å²) in [5, 5.41) is 4.84. The van der Waals surface area contributed by atoms with E-state index < -0.39 is 0 Å². The summed E-state index contributed by atoms with van der Waals surface area (Å²) in [6.45, 7) is 2.03. The van der Waals surface area contributed by atoms with Crippen LogP contribution in [0.1, 0.15) is 26.9 Å². The van der Waals surface area contributed by atoms with Gasteiger partial charge in [-0.1, -0.05) is 72.3 Å². The number of nitrogens with zero attached hydrogens (tertiary/aromatic N) is 1. The van der Waals surface area contributed by atoms with Crippen molar-refractivity contribution in [3.63, 3.8) is 0 Å². The zero-order chi connectivity index (χ0) is 22.1. The lowest BCUT2D eigenvalue weighted by atomic mass is 10.0. The highest BCUT2D eigenvalue weighted by Crippen LogP contribution is 2.44. The van der Waals surface area contributed by atoms with E-state index in [1.807, 2.05) is 103 Å². The molecule has 4 aromatic carbocycles. The number of carbonyl (C=O) groups excluding carboxylic acids is 2. The molecule has 32 heavy (non-hydrogen) atoms. The van der Waals surface area contributed by atoms with Crippen molar-refractivity contribution >= 4 is 45.7 Å². The molecule has 0 bridgehead atoms. The van der Waals surface area contributed by atoms with Gasteiger partial charge in [0.05, 0.1) is 5.75 Å². The average molecular weight is 439 g/mol. The predicted octanol–water partition coefficient (Wildman–Crippen LogP) is 6.18. The second-order valence-electron chi connectivity index (χ2n) is 7.83. The van der Waals surface area contributed by atoms with Gasteiger partial charge in [-0.25, -0.2) is 0 Å². The van der Waals surface area contributed by atoms with Crippen molar-refractivity contribution in [2.75, 3.05) is 16.0 Å². The molecule has 1 heterocycles. The van der Waals surface area contributed by atoms with Crippen LogP contribution in [0.15, 0.2) is 91.0 Å². The number of hydrogen-bond acceptors (Lipinski definition) is 3. The van der Waals surface area contributed by atoms with E-state index in [0.29, 0.717) is 11.3 Å². The van der Waals surface area contributed by atoms with E-state index in [-0.39, 0.29) is 17.2 Å². The molecule has 1 N–H and O–H groups in total. The molecule has 0 spiro atoms. The summed E-state index contributed by atoms with van der Waals surface area (Å²) in [5.41, 5.74) is 4.27. The number of nitrogens with one attached hydrogen (secondary N) is 1. The Hall–Kier alpha value is -3.57. The third-order valence-electron chi connectivity index (χ3n) is 5.69. The van der Waals surface area contributed by atoms with Gasteiger partial charge < -0.3 is 5.32 Å². The highest BCUT2D eigenvalue weighted by atomic mass is 32.2. The fourth-order valence-corrected chi connectivity index (χ4v) is 5.29. The fourth-order valence-electron chi connectivity index (χ4n) is 4.08. The average Bonchev–Trinajstić information content (AvgIpc) is 3.20. The molecule has 158 valence electrons. The Morgan fingerprint density at radius 1 is 0.906 bits per heavy atom. The van der Waals surface area contributed by atoms with Gasteiger partial charge in [-0.2, -0.15) is 0 Å². The second-order valence-corrected chi connectivity index (χ2v) is 8.90. The maximum atomic E-state index is 13.3. The number of hydrogen-bond donors (Lipinski definition) is 1. The van der Waals surface area contributed by atoms with Crippen LogP contribution < -0.4 is 10.2 Å². The van der Waals surface area contributed by atoms with Crippen molar-refractivity contribution in [1.82, 2.24) is 0 Å². The Balaban J connectivity index is 1.49. The molecule has 5 heteroatoms. The third-order valence-corrected chi connectivity index (χ3v) is 6.88. The van der Waals surface area contributed by atoms with Crippen LogP contribution in [0.2, 0.25) is 0 Å². The number of rotatable bonds is 4. The first-order chi connectivity index (χ1) is 15.6. The molecule has 0 radical (unpaired) electrons. The van der Waals surface area contributed by atoms with Gasteiger partial charge in [-0.05, 0) is 42.0 Å². The van der Waals surface area contributed by atoms with Crippen molar-refractivity contribution in [2.24, 2.45) is 0 Å². The summed E-state index contributed by atoms with van der Waals surface area (Å²) in [7, 11) is 0. The molecule has 0 aromatic heterocycles. The van der Waals surface area contributed by atoms with Crippen LogP contribution in [0.4, 0.5) is 11.4 Å². The molecule has 0 unspecified atom stereocenters. The van der Waals surface area contributed by atoms with Crippen molar-refractivity contribution in [3.05, 3.63) is 108 Å². The largest absolute Gasteiger partial charge is 0.322 e. The zero-order valence-corrected chi connectivity index (χ0v) is 18.4. The van der Waals surface area contributed by atoms with E-state index in [9.17, 15) is 9.59 Å². The first-order valence-electron chi connectivity index (χ1n) is 10.5. The van der Waals surface area contributed by atoms with E-state index in [1.54, 1.807) is 11.8 Å². The van der Waals surface area contributed by atoms with E-state index in [4.69, 9.17) is 0 Å². The van der Waals surface area contributed by atoms with Crippen LogP contribution in [0, 0.1) is 6.92 Å². The van der Waals surface area contributed by atoms with E-state index in [1.165, 1.54) is 0 Å². The van der Waals surface area contributed by atoms with Gasteiger partial charge >= 0.3 is 0 Å². The Bertz CT molecular complexity index is 1310. The molecule has 5 rings (SSSR count). The van der Waals surface area contributed by atoms with Crippen LogP contribution in [0.3, 0.4) is 0 Å². The molecular weight excluding hydrogens is 416 g/mol. The number of thioether (sulfide) groups is 1. The summed E-state index contributed by atoms with van der Waals surface area (Å²) in [5.74, 6) is 0.314. The maximum absolute atomic E-state index is 13.3. The molecule has 1 atom stereocenters.